The van der Waals surface area contributed by atoms with Crippen molar-refractivity contribution in [2.24, 2.45) is 68.0 Å². The molecule has 8 unspecified atom stereocenters. The Bertz CT molecular complexity index is 3080. The first kappa shape index (κ1) is 75.4. The molecule has 0 saturated carbocycles. The van der Waals surface area contributed by atoms with Gasteiger partial charge in [-0.25, -0.2) is 0 Å². The molecule has 0 heterocycles. The second kappa shape index (κ2) is 32.5. The molecule has 2 N–H and O–H groups in total. The summed E-state index contributed by atoms with van der Waals surface area (Å²) in [5.41, 5.74) is 19.1. The number of aliphatic hydroxyl groups is 2. The van der Waals surface area contributed by atoms with Crippen LogP contribution in [0.3, 0.4) is 0 Å². The highest BCUT2D eigenvalue weighted by Crippen LogP contribution is 2.52. The Kier molecular flexibility index (Phi) is 27.2. The van der Waals surface area contributed by atoms with Crippen molar-refractivity contribution < 1.29 is 29.3 Å². The van der Waals surface area contributed by atoms with E-state index in [1.807, 2.05) is 0 Å². The molecule has 6 heteroatoms. The van der Waals surface area contributed by atoms with Gasteiger partial charge in [0.05, 0.1) is 13.2 Å². The van der Waals surface area contributed by atoms with Gasteiger partial charge in [-0.1, -0.05) is 234 Å². The minimum Gasteiger partial charge on any atom is -0.466 e. The van der Waals surface area contributed by atoms with Crippen LogP contribution in [0, 0.1) is 68.0 Å². The molecule has 8 atom stereocenters. The molecule has 0 saturated heterocycles. The Hall–Kier alpha value is -5.30. The first-order valence-electron chi connectivity index (χ1n) is 34.5. The van der Waals surface area contributed by atoms with Crippen LogP contribution >= 0.6 is 0 Å². The summed E-state index contributed by atoms with van der Waals surface area (Å²) in [6, 6.07) is 0. The van der Waals surface area contributed by atoms with E-state index in [4.69, 9.17) is 9.47 Å². The first-order valence-corrected chi connectivity index (χ1v) is 34.5. The second-order valence-corrected chi connectivity index (χ2v) is 31.4. The molecule has 6 rings (SSSR count). The van der Waals surface area contributed by atoms with E-state index in [0.29, 0.717) is 0 Å². The predicted octanol–water partition coefficient (Wildman–Crippen LogP) is 21.9. The van der Waals surface area contributed by atoms with Gasteiger partial charge < -0.3 is 19.7 Å². The number of carbonyl (C=O) groups excluding carboxylic acids is 2. The van der Waals surface area contributed by atoms with Crippen LogP contribution in [-0.4, -0.2) is 48.6 Å². The molecule has 6 aliphatic carbocycles. The van der Waals surface area contributed by atoms with E-state index in [0.717, 1.165) is 12.0 Å². The van der Waals surface area contributed by atoms with Crippen molar-refractivity contribution in [1.82, 2.24) is 0 Å². The van der Waals surface area contributed by atoms with Crippen molar-refractivity contribution in [1.29, 1.82) is 0 Å². The lowest BCUT2D eigenvalue weighted by Gasteiger charge is -2.47. The monoisotopic (exact) mass is 1230 g/mol. The average Bonchev–Trinajstić information content (AvgIpc) is 0.784. The maximum atomic E-state index is 12.1. The van der Waals surface area contributed by atoms with Crippen molar-refractivity contribution in [3.05, 3.63) is 187 Å². The van der Waals surface area contributed by atoms with E-state index in [1.54, 1.807) is 0 Å². The molecule has 0 aromatic rings. The zero-order valence-electron chi connectivity index (χ0n) is 60.7. The van der Waals surface area contributed by atoms with Gasteiger partial charge >= 0.3 is 11.9 Å². The number of hydrogen-bond acceptors (Lipinski definition) is 6. The second-order valence-electron chi connectivity index (χ2n) is 31.4. The number of esters is 2. The van der Waals surface area contributed by atoms with E-state index >= 15 is 0 Å². The number of aliphatic hydroxyl groups excluding tert-OH is 2. The Morgan fingerprint density at radius 2 is 0.756 bits per heavy atom. The molecule has 0 spiro atoms. The molecule has 496 valence electrons. The minimum atomic E-state index is -0.418. The summed E-state index contributed by atoms with van der Waals surface area (Å²) < 4.78 is 11.3. The molecule has 0 aromatic carbocycles. The van der Waals surface area contributed by atoms with Crippen molar-refractivity contribution in [3.8, 4) is 0 Å². The third-order valence-electron chi connectivity index (χ3n) is 22.1. The van der Waals surface area contributed by atoms with Crippen molar-refractivity contribution in [3.63, 3.8) is 0 Å². The van der Waals surface area contributed by atoms with E-state index < -0.39 is 5.41 Å². The summed E-state index contributed by atoms with van der Waals surface area (Å²) in [4.78, 5) is 24.0. The third kappa shape index (κ3) is 19.9. The fraction of sp³-hybridized carbons (Fsp3) is 0.595. The van der Waals surface area contributed by atoms with Crippen molar-refractivity contribution in [2.45, 2.75) is 229 Å². The predicted molar refractivity (Wildman–Crippen MR) is 383 cm³/mol. The van der Waals surface area contributed by atoms with Gasteiger partial charge in [0.25, 0.3) is 0 Å². The topological polar surface area (TPSA) is 93.1 Å². The minimum absolute atomic E-state index is 0.0435. The largest absolute Gasteiger partial charge is 0.466 e. The maximum Gasteiger partial charge on any atom is 0.302 e. The highest BCUT2D eigenvalue weighted by atomic mass is 16.5. The van der Waals surface area contributed by atoms with Crippen LogP contribution in [0.2, 0.25) is 0 Å². The molecule has 0 fully saturated rings. The number of hydrogen-bond donors (Lipinski definition) is 2. The lowest BCUT2D eigenvalue weighted by Crippen LogP contribution is -2.45. The van der Waals surface area contributed by atoms with E-state index in [-0.39, 0.29) is 101 Å². The zero-order valence-corrected chi connectivity index (χ0v) is 60.7. The Morgan fingerprint density at radius 3 is 1.07 bits per heavy atom. The molecule has 0 aromatic heterocycles. The fourth-order valence-electron chi connectivity index (χ4n) is 16.1. The number of ether oxygens (including phenoxy) is 2. The highest BCUT2D eigenvalue weighted by Gasteiger charge is 2.47. The SMILES string of the molecule is CC(=O)OCC1C(C)=CC(/C=C(C)/C=C/C2=C(C)CCCC2(C)C)C(C)(/C=C/C=C(C)/C=C/C2=C(C)CCCC2(C)C)C1COC(C)=O.CC1=CC(/C=C(C)/C=C/C2=C(C)CCCC2(C)C)C(C)(/C=C/C=C(C)/C=C/C2=C(C)CCCC2(C)C)C(CO)C1CO. The number of rotatable bonds is 20. The van der Waals surface area contributed by atoms with Gasteiger partial charge in [-0.3, -0.25) is 9.59 Å². The maximum absolute atomic E-state index is 12.1. The van der Waals surface area contributed by atoms with E-state index in [2.05, 4.69) is 248 Å². The standard InChI is InChI=1S/C44H64O4.C40H60O2/c1-30(19-21-39-32(3)17-14-23-42(39,8)9)16-13-25-44(12)37(26-31(2)20-22-40-33(4)18-15-24-43(40,10)11)27-34(5)38(28-47-35(6)45)41(44)29-48-36(7)46;1-28(17-19-35-30(3)15-12-21-38(35,6)7)14-11-23-40(10)33(25-32(5)34(26-41)37(40)27-42)24-29(2)18-20-36-31(4)16-13-22-39(36,8)9/h13,16,19-22,25-27,37-38,41H,14-15,17-18,23-24,28-29H2,1-12H3;11,14,17-20,23-25,33-34,37,41-42H,12-13,15-16,21-22,26-27H2,1-10H3/b21-19+,22-20+,25-13+,30-16+,31-26+;19-17+,20-18+,23-11+,28-14+,29-24+. The van der Waals surface area contributed by atoms with Gasteiger partial charge in [-0.15, -0.1) is 0 Å². The van der Waals surface area contributed by atoms with E-state index in [1.165, 1.54) is 157 Å². The molecule has 90 heavy (non-hydrogen) atoms. The molecule has 0 radical (unpaired) electrons. The summed E-state index contributed by atoms with van der Waals surface area (Å²) in [5, 5.41) is 20.9. The van der Waals surface area contributed by atoms with Crippen LogP contribution in [0.5, 0.6) is 0 Å². The summed E-state index contributed by atoms with van der Waals surface area (Å²) in [6.07, 6.45) is 55.7. The number of allylic oxidation sites excluding steroid dienone is 30. The molecule has 0 amide bonds. The van der Waals surface area contributed by atoms with Gasteiger partial charge in [0, 0.05) is 73.4 Å². The van der Waals surface area contributed by atoms with Crippen molar-refractivity contribution >= 4 is 11.9 Å². The quantitative estimate of drug-likeness (QED) is 0.0717. The molecule has 6 nitrogen and oxygen atoms in total. The molecule has 0 aliphatic heterocycles. The third-order valence-corrected chi connectivity index (χ3v) is 22.1. The van der Waals surface area contributed by atoms with Gasteiger partial charge in [0.1, 0.15) is 0 Å². The zero-order chi connectivity index (χ0) is 67.2. The fourth-order valence-corrected chi connectivity index (χ4v) is 16.1. The summed E-state index contributed by atoms with van der Waals surface area (Å²) in [7, 11) is 0. The van der Waals surface area contributed by atoms with E-state index in [9.17, 15) is 19.8 Å². The summed E-state index contributed by atoms with van der Waals surface area (Å²) in [6.45, 7) is 48.9. The van der Waals surface area contributed by atoms with Gasteiger partial charge in [0.15, 0.2) is 0 Å². The average molecular weight is 1230 g/mol. The number of carbonyl (C=O) groups is 2. The van der Waals surface area contributed by atoms with Gasteiger partial charge in [0.2, 0.25) is 0 Å². The Morgan fingerprint density at radius 1 is 0.444 bits per heavy atom. The Balaban J connectivity index is 0.000000330. The van der Waals surface area contributed by atoms with Crippen LogP contribution in [0.4, 0.5) is 0 Å². The first-order chi connectivity index (χ1) is 42.0. The van der Waals surface area contributed by atoms with Crippen LogP contribution in [-0.2, 0) is 19.1 Å². The summed E-state index contributed by atoms with van der Waals surface area (Å²) in [5.74, 6) is -0.731. The van der Waals surface area contributed by atoms with Gasteiger partial charge in [-0.05, 0) is 190 Å². The van der Waals surface area contributed by atoms with Crippen LogP contribution in [0.1, 0.15) is 229 Å². The summed E-state index contributed by atoms with van der Waals surface area (Å²) >= 11 is 0. The molecule has 0 bridgehead atoms. The van der Waals surface area contributed by atoms with Crippen molar-refractivity contribution in [2.75, 3.05) is 26.4 Å². The highest BCUT2D eigenvalue weighted by molar-refractivity contribution is 5.66. The lowest BCUT2D eigenvalue weighted by molar-refractivity contribution is -0.148. The lowest BCUT2D eigenvalue weighted by atomic mass is 9.58. The van der Waals surface area contributed by atoms with Crippen LogP contribution < -0.4 is 0 Å². The molecule has 6 aliphatic rings. The smallest absolute Gasteiger partial charge is 0.302 e. The van der Waals surface area contributed by atoms with Crippen LogP contribution in [0.25, 0.3) is 0 Å². The Labute approximate surface area is 549 Å². The molecular formula is C84H124O6. The van der Waals surface area contributed by atoms with Crippen LogP contribution in [0.15, 0.2) is 187 Å². The molecular weight excluding hydrogens is 1100 g/mol. The normalized spacial score (nSPS) is 29.7. The van der Waals surface area contributed by atoms with Gasteiger partial charge in [-0.2, -0.15) is 0 Å².